The van der Waals surface area contributed by atoms with Gasteiger partial charge < -0.3 is 0 Å². The summed E-state index contributed by atoms with van der Waals surface area (Å²) in [5.74, 6) is 0.297. The first-order valence-electron chi connectivity index (χ1n) is 10.1. The minimum Gasteiger partial charge on any atom is -0.267 e. The van der Waals surface area contributed by atoms with E-state index >= 15 is 0 Å². The SMILES string of the molecule is CCCCCCCC(CCCC)CCCC(=O)OOOOC(C)(C)C. The Balaban J connectivity index is 3.81. The van der Waals surface area contributed by atoms with Gasteiger partial charge in [-0.1, -0.05) is 71.6 Å². The highest BCUT2D eigenvalue weighted by atomic mass is 17.7. The van der Waals surface area contributed by atoms with Crippen molar-refractivity contribution in [3.05, 3.63) is 0 Å². The summed E-state index contributed by atoms with van der Waals surface area (Å²) in [7, 11) is 0. The third-order valence-electron chi connectivity index (χ3n) is 4.11. The summed E-state index contributed by atoms with van der Waals surface area (Å²) in [5, 5.41) is 8.72. The Morgan fingerprint density at radius 1 is 0.800 bits per heavy atom. The van der Waals surface area contributed by atoms with Crippen molar-refractivity contribution in [2.45, 2.75) is 117 Å². The number of hydrogen-bond donors (Lipinski definition) is 0. The highest BCUT2D eigenvalue weighted by Crippen LogP contribution is 2.23. The summed E-state index contributed by atoms with van der Waals surface area (Å²) < 4.78 is 0. The highest BCUT2D eigenvalue weighted by Gasteiger charge is 2.14. The molecule has 0 bridgehead atoms. The van der Waals surface area contributed by atoms with Gasteiger partial charge in [0.05, 0.1) is 5.60 Å². The fraction of sp³-hybridized carbons (Fsp3) is 0.950. The lowest BCUT2D eigenvalue weighted by atomic mass is 9.90. The van der Waals surface area contributed by atoms with Crippen molar-refractivity contribution in [2.75, 3.05) is 0 Å². The standard InChI is InChI=1S/C20H40O5/c1-6-8-10-11-12-15-18(14-9-7-2)16-13-17-19(21)22-24-25-23-20(3,4)5/h18H,6-17H2,1-5H3. The Kier molecular flexibility index (Phi) is 15.2. The van der Waals surface area contributed by atoms with E-state index in [9.17, 15) is 4.79 Å². The van der Waals surface area contributed by atoms with E-state index in [-0.39, 0.29) is 0 Å². The molecule has 150 valence electrons. The molecule has 5 nitrogen and oxygen atoms in total. The monoisotopic (exact) mass is 360 g/mol. The van der Waals surface area contributed by atoms with Crippen LogP contribution in [0.5, 0.6) is 0 Å². The zero-order chi connectivity index (χ0) is 19.0. The summed E-state index contributed by atoms with van der Waals surface area (Å²) in [6, 6.07) is 0. The second-order valence-corrected chi connectivity index (χ2v) is 7.89. The molecular weight excluding hydrogens is 320 g/mol. The third-order valence-corrected chi connectivity index (χ3v) is 4.11. The lowest BCUT2D eigenvalue weighted by Gasteiger charge is -2.16. The van der Waals surface area contributed by atoms with E-state index in [1.165, 1.54) is 57.8 Å². The van der Waals surface area contributed by atoms with Crippen molar-refractivity contribution >= 4 is 5.97 Å². The Morgan fingerprint density at radius 2 is 1.40 bits per heavy atom. The smallest absolute Gasteiger partial charge is 0.267 e. The van der Waals surface area contributed by atoms with E-state index in [2.05, 4.69) is 28.8 Å². The number of hydrogen-bond acceptors (Lipinski definition) is 5. The molecule has 1 atom stereocenters. The van der Waals surface area contributed by atoms with E-state index in [4.69, 9.17) is 4.89 Å². The van der Waals surface area contributed by atoms with E-state index in [0.717, 1.165) is 18.8 Å². The van der Waals surface area contributed by atoms with Crippen LogP contribution in [0.4, 0.5) is 0 Å². The average Bonchev–Trinajstić information content (AvgIpc) is 2.55. The fourth-order valence-corrected chi connectivity index (χ4v) is 2.71. The van der Waals surface area contributed by atoms with E-state index in [0.29, 0.717) is 6.42 Å². The number of carbonyl (C=O) groups is 1. The van der Waals surface area contributed by atoms with Crippen molar-refractivity contribution in [1.29, 1.82) is 0 Å². The Morgan fingerprint density at radius 3 is 2.04 bits per heavy atom. The largest absolute Gasteiger partial charge is 0.345 e. The number of unbranched alkanes of at least 4 members (excludes halogenated alkanes) is 5. The Bertz CT molecular complexity index is 312. The molecule has 0 radical (unpaired) electrons. The highest BCUT2D eigenvalue weighted by molar-refractivity contribution is 5.68. The van der Waals surface area contributed by atoms with Crippen LogP contribution in [0.2, 0.25) is 0 Å². The molecule has 0 heterocycles. The van der Waals surface area contributed by atoms with Crippen LogP contribution in [0.1, 0.15) is 112 Å². The molecule has 0 amide bonds. The molecule has 0 aliphatic rings. The van der Waals surface area contributed by atoms with Crippen LogP contribution in [0.3, 0.4) is 0 Å². The van der Waals surface area contributed by atoms with Crippen molar-refractivity contribution in [3.8, 4) is 0 Å². The molecule has 0 N–H and O–H groups in total. The maximum Gasteiger partial charge on any atom is 0.345 e. The molecule has 0 fully saturated rings. The van der Waals surface area contributed by atoms with Crippen LogP contribution in [0, 0.1) is 5.92 Å². The van der Waals surface area contributed by atoms with Gasteiger partial charge in [-0.3, -0.25) is 4.89 Å². The Hall–Kier alpha value is -0.650. The zero-order valence-corrected chi connectivity index (χ0v) is 17.1. The van der Waals surface area contributed by atoms with Gasteiger partial charge in [0.1, 0.15) is 0 Å². The number of rotatable bonds is 16. The van der Waals surface area contributed by atoms with Gasteiger partial charge in [-0.25, -0.2) is 4.79 Å². The van der Waals surface area contributed by atoms with Crippen LogP contribution >= 0.6 is 0 Å². The van der Waals surface area contributed by atoms with Gasteiger partial charge >= 0.3 is 5.97 Å². The molecule has 0 aromatic carbocycles. The van der Waals surface area contributed by atoms with Gasteiger partial charge in [0, 0.05) is 11.5 Å². The molecule has 0 aliphatic heterocycles. The third kappa shape index (κ3) is 18.0. The summed E-state index contributed by atoms with van der Waals surface area (Å²) in [6.45, 7) is 9.88. The molecule has 0 aliphatic carbocycles. The minimum atomic E-state index is -0.518. The van der Waals surface area contributed by atoms with E-state index in [1.807, 2.05) is 0 Å². The maximum atomic E-state index is 11.6. The quantitative estimate of drug-likeness (QED) is 0.180. The van der Waals surface area contributed by atoms with E-state index in [1.54, 1.807) is 20.8 Å². The van der Waals surface area contributed by atoms with Gasteiger partial charge in [-0.15, -0.1) is 0 Å². The minimum absolute atomic E-state index is 0.345. The number of carbonyl (C=O) groups excluding carboxylic acids is 1. The van der Waals surface area contributed by atoms with Crippen LogP contribution in [0.25, 0.3) is 0 Å². The van der Waals surface area contributed by atoms with Gasteiger partial charge in [0.25, 0.3) is 0 Å². The van der Waals surface area contributed by atoms with Gasteiger partial charge in [-0.2, -0.15) is 4.89 Å². The molecule has 0 aromatic heterocycles. The molecular formula is C20H40O5. The van der Waals surface area contributed by atoms with Crippen molar-refractivity contribution in [1.82, 2.24) is 0 Å². The molecule has 0 aromatic rings. The van der Waals surface area contributed by atoms with Gasteiger partial charge in [-0.05, 0) is 44.6 Å². The Labute approximate surface area is 154 Å². The maximum absolute atomic E-state index is 11.6. The molecule has 0 saturated heterocycles. The second kappa shape index (κ2) is 15.6. The lowest BCUT2D eigenvalue weighted by Crippen LogP contribution is -2.20. The lowest BCUT2D eigenvalue weighted by molar-refractivity contribution is -0.633. The van der Waals surface area contributed by atoms with Gasteiger partial charge in [0.15, 0.2) is 0 Å². The zero-order valence-electron chi connectivity index (χ0n) is 17.1. The first kappa shape index (κ1) is 24.4. The van der Waals surface area contributed by atoms with Gasteiger partial charge in [0.2, 0.25) is 0 Å². The van der Waals surface area contributed by atoms with Crippen LogP contribution < -0.4 is 0 Å². The molecule has 5 heteroatoms. The average molecular weight is 361 g/mol. The fourth-order valence-electron chi connectivity index (χ4n) is 2.71. The van der Waals surface area contributed by atoms with Crippen molar-refractivity contribution < 1.29 is 24.6 Å². The molecule has 25 heavy (non-hydrogen) atoms. The van der Waals surface area contributed by atoms with Crippen molar-refractivity contribution in [3.63, 3.8) is 0 Å². The van der Waals surface area contributed by atoms with Crippen LogP contribution in [-0.2, 0) is 24.6 Å². The molecule has 1 unspecified atom stereocenters. The summed E-state index contributed by atoms with van der Waals surface area (Å²) in [5.41, 5.74) is -0.518. The van der Waals surface area contributed by atoms with Crippen LogP contribution in [0.15, 0.2) is 0 Å². The normalized spacial score (nSPS) is 13.0. The van der Waals surface area contributed by atoms with Crippen molar-refractivity contribution in [2.24, 2.45) is 5.92 Å². The molecule has 0 rings (SSSR count). The predicted octanol–water partition coefficient (Wildman–Crippen LogP) is 6.46. The van der Waals surface area contributed by atoms with E-state index < -0.39 is 11.6 Å². The first-order valence-corrected chi connectivity index (χ1v) is 10.1. The predicted molar refractivity (Wildman–Crippen MR) is 99.3 cm³/mol. The molecule has 0 saturated carbocycles. The first-order chi connectivity index (χ1) is 11.9. The topological polar surface area (TPSA) is 54.0 Å². The summed E-state index contributed by atoms with van der Waals surface area (Å²) >= 11 is 0. The summed E-state index contributed by atoms with van der Waals surface area (Å²) in [6.07, 6.45) is 13.9. The van der Waals surface area contributed by atoms with Crippen LogP contribution in [-0.4, -0.2) is 11.6 Å². The second-order valence-electron chi connectivity index (χ2n) is 7.89. The summed E-state index contributed by atoms with van der Waals surface area (Å²) in [4.78, 5) is 21.0. The molecule has 0 spiro atoms.